The molecule has 18 heavy (non-hydrogen) atoms. The molecular weight excluding hydrogens is 224 g/mol. The van der Waals surface area contributed by atoms with Crippen LogP contribution in [-0.2, 0) is 0 Å². The van der Waals surface area contributed by atoms with Gasteiger partial charge in [0.1, 0.15) is 0 Å². The molecule has 0 fully saturated rings. The van der Waals surface area contributed by atoms with Crippen LogP contribution in [0.15, 0.2) is 24.3 Å². The SMILES string of the molecule is C#CCNC(=O)NC(C)c1ccc(C(C)C)cc1. The van der Waals surface area contributed by atoms with Gasteiger partial charge >= 0.3 is 6.03 Å². The maximum atomic E-state index is 11.4. The van der Waals surface area contributed by atoms with E-state index in [2.05, 4.69) is 42.5 Å². The molecule has 1 unspecified atom stereocenters. The van der Waals surface area contributed by atoms with Crippen LogP contribution in [0.3, 0.4) is 0 Å². The van der Waals surface area contributed by atoms with Gasteiger partial charge in [-0.25, -0.2) is 4.79 Å². The maximum absolute atomic E-state index is 11.4. The Bertz CT molecular complexity index is 429. The van der Waals surface area contributed by atoms with E-state index in [4.69, 9.17) is 6.42 Å². The second-order valence-corrected chi connectivity index (χ2v) is 4.57. The fourth-order valence-electron chi connectivity index (χ4n) is 1.63. The molecule has 0 radical (unpaired) electrons. The minimum absolute atomic E-state index is 0.0380. The zero-order chi connectivity index (χ0) is 13.5. The Morgan fingerprint density at radius 3 is 2.28 bits per heavy atom. The predicted molar refractivity (Wildman–Crippen MR) is 74.3 cm³/mol. The first-order valence-electron chi connectivity index (χ1n) is 6.12. The third-order valence-corrected chi connectivity index (χ3v) is 2.80. The number of carbonyl (C=O) groups excluding carboxylic acids is 1. The van der Waals surface area contributed by atoms with Crippen LogP contribution < -0.4 is 10.6 Å². The first kappa shape index (κ1) is 14.1. The van der Waals surface area contributed by atoms with Gasteiger partial charge in [0.2, 0.25) is 0 Å². The first-order chi connectivity index (χ1) is 8.54. The van der Waals surface area contributed by atoms with Crippen LogP contribution >= 0.6 is 0 Å². The van der Waals surface area contributed by atoms with Gasteiger partial charge in [-0.05, 0) is 24.0 Å². The molecule has 3 nitrogen and oxygen atoms in total. The standard InChI is InChI=1S/C15H20N2O/c1-5-10-16-15(18)17-12(4)14-8-6-13(7-9-14)11(2)3/h1,6-9,11-12H,10H2,2-4H3,(H2,16,17,18). The molecule has 0 aliphatic rings. The van der Waals surface area contributed by atoms with Gasteiger partial charge in [0.15, 0.2) is 0 Å². The Morgan fingerprint density at radius 2 is 1.78 bits per heavy atom. The fourth-order valence-corrected chi connectivity index (χ4v) is 1.63. The average Bonchev–Trinajstić information content (AvgIpc) is 2.36. The van der Waals surface area contributed by atoms with Gasteiger partial charge in [0, 0.05) is 0 Å². The number of terminal acetylenes is 1. The Balaban J connectivity index is 2.59. The van der Waals surface area contributed by atoms with E-state index in [1.807, 2.05) is 19.1 Å². The zero-order valence-electron chi connectivity index (χ0n) is 11.2. The van der Waals surface area contributed by atoms with Crippen LogP contribution in [0.2, 0.25) is 0 Å². The van der Waals surface area contributed by atoms with Crippen molar-refractivity contribution in [2.75, 3.05) is 6.54 Å². The molecule has 96 valence electrons. The highest BCUT2D eigenvalue weighted by Gasteiger charge is 2.09. The summed E-state index contributed by atoms with van der Waals surface area (Å²) in [4.78, 5) is 11.4. The summed E-state index contributed by atoms with van der Waals surface area (Å²) in [6.45, 7) is 6.50. The van der Waals surface area contributed by atoms with Crippen LogP contribution in [0, 0.1) is 12.3 Å². The van der Waals surface area contributed by atoms with E-state index in [9.17, 15) is 4.79 Å². The summed E-state index contributed by atoms with van der Waals surface area (Å²) in [5.41, 5.74) is 2.37. The molecule has 1 aromatic carbocycles. The number of rotatable bonds is 4. The summed E-state index contributed by atoms with van der Waals surface area (Å²) < 4.78 is 0. The third kappa shape index (κ3) is 4.14. The van der Waals surface area contributed by atoms with Crippen molar-refractivity contribution >= 4 is 6.03 Å². The highest BCUT2D eigenvalue weighted by molar-refractivity contribution is 5.74. The molecule has 1 rings (SSSR count). The van der Waals surface area contributed by atoms with E-state index in [1.54, 1.807) is 0 Å². The van der Waals surface area contributed by atoms with Crippen molar-refractivity contribution in [2.45, 2.75) is 32.7 Å². The highest BCUT2D eigenvalue weighted by atomic mass is 16.2. The van der Waals surface area contributed by atoms with Crippen molar-refractivity contribution < 1.29 is 4.79 Å². The van der Waals surface area contributed by atoms with Gasteiger partial charge in [-0.15, -0.1) is 6.42 Å². The van der Waals surface area contributed by atoms with Gasteiger partial charge in [-0.1, -0.05) is 44.0 Å². The molecule has 2 N–H and O–H groups in total. The molecular formula is C15H20N2O. The lowest BCUT2D eigenvalue weighted by atomic mass is 10.00. The lowest BCUT2D eigenvalue weighted by Gasteiger charge is -2.15. The molecule has 0 bridgehead atoms. The van der Waals surface area contributed by atoms with E-state index in [0.29, 0.717) is 5.92 Å². The molecule has 0 heterocycles. The second kappa shape index (κ2) is 6.70. The molecule has 2 amide bonds. The Hall–Kier alpha value is -1.95. The maximum Gasteiger partial charge on any atom is 0.316 e. The van der Waals surface area contributed by atoms with Crippen molar-refractivity contribution in [3.63, 3.8) is 0 Å². The predicted octanol–water partition coefficient (Wildman–Crippen LogP) is 2.80. The van der Waals surface area contributed by atoms with Crippen molar-refractivity contribution in [2.24, 2.45) is 0 Å². The summed E-state index contributed by atoms with van der Waals surface area (Å²) in [6, 6.07) is 8.00. The van der Waals surface area contributed by atoms with Gasteiger partial charge in [-0.3, -0.25) is 0 Å². The molecule has 3 heteroatoms. The number of hydrogen-bond acceptors (Lipinski definition) is 1. The monoisotopic (exact) mass is 244 g/mol. The first-order valence-corrected chi connectivity index (χ1v) is 6.12. The summed E-state index contributed by atoms with van der Waals surface area (Å²) in [5.74, 6) is 2.87. The molecule has 0 spiro atoms. The van der Waals surface area contributed by atoms with Crippen LogP contribution in [0.1, 0.15) is 43.9 Å². The molecule has 0 aliphatic heterocycles. The third-order valence-electron chi connectivity index (χ3n) is 2.80. The quantitative estimate of drug-likeness (QED) is 0.786. The molecule has 1 atom stereocenters. The minimum Gasteiger partial charge on any atom is -0.332 e. The van der Waals surface area contributed by atoms with Gasteiger partial charge in [0.25, 0.3) is 0 Å². The van der Waals surface area contributed by atoms with Gasteiger partial charge < -0.3 is 10.6 Å². The van der Waals surface area contributed by atoms with Crippen molar-refractivity contribution in [3.05, 3.63) is 35.4 Å². The minimum atomic E-state index is -0.242. The molecule has 0 aliphatic carbocycles. The molecule has 1 aromatic rings. The number of benzene rings is 1. The average molecular weight is 244 g/mol. The Kier molecular flexibility index (Phi) is 5.26. The summed E-state index contributed by atoms with van der Waals surface area (Å²) in [6.07, 6.45) is 5.07. The van der Waals surface area contributed by atoms with E-state index >= 15 is 0 Å². The fraction of sp³-hybridized carbons (Fsp3) is 0.400. The molecule has 0 saturated heterocycles. The van der Waals surface area contributed by atoms with Gasteiger partial charge in [-0.2, -0.15) is 0 Å². The second-order valence-electron chi connectivity index (χ2n) is 4.57. The lowest BCUT2D eigenvalue weighted by molar-refractivity contribution is 0.239. The normalized spacial score (nSPS) is 11.7. The van der Waals surface area contributed by atoms with Crippen molar-refractivity contribution in [1.82, 2.24) is 10.6 Å². The molecule has 0 aromatic heterocycles. The summed E-state index contributed by atoms with van der Waals surface area (Å²) in [7, 11) is 0. The van der Waals surface area contributed by atoms with Crippen LogP contribution in [0.5, 0.6) is 0 Å². The number of nitrogens with one attached hydrogen (secondary N) is 2. The van der Waals surface area contributed by atoms with E-state index < -0.39 is 0 Å². The zero-order valence-corrected chi connectivity index (χ0v) is 11.2. The van der Waals surface area contributed by atoms with E-state index in [1.165, 1.54) is 5.56 Å². The summed E-state index contributed by atoms with van der Waals surface area (Å²) >= 11 is 0. The van der Waals surface area contributed by atoms with Gasteiger partial charge in [0.05, 0.1) is 12.6 Å². The van der Waals surface area contributed by atoms with Crippen molar-refractivity contribution in [3.8, 4) is 12.3 Å². The smallest absolute Gasteiger partial charge is 0.316 e. The number of urea groups is 1. The van der Waals surface area contributed by atoms with E-state index in [0.717, 1.165) is 5.56 Å². The van der Waals surface area contributed by atoms with Crippen LogP contribution in [0.4, 0.5) is 4.79 Å². The lowest BCUT2D eigenvalue weighted by Crippen LogP contribution is -2.37. The molecule has 0 saturated carbocycles. The summed E-state index contributed by atoms with van der Waals surface area (Å²) in [5, 5.41) is 5.41. The highest BCUT2D eigenvalue weighted by Crippen LogP contribution is 2.18. The van der Waals surface area contributed by atoms with Crippen molar-refractivity contribution in [1.29, 1.82) is 0 Å². The Labute approximate surface area is 109 Å². The number of hydrogen-bond donors (Lipinski definition) is 2. The van der Waals surface area contributed by atoms with Crippen LogP contribution in [-0.4, -0.2) is 12.6 Å². The topological polar surface area (TPSA) is 41.1 Å². The van der Waals surface area contributed by atoms with E-state index in [-0.39, 0.29) is 18.6 Å². The number of amides is 2. The van der Waals surface area contributed by atoms with Crippen LogP contribution in [0.25, 0.3) is 0 Å². The largest absolute Gasteiger partial charge is 0.332 e. The number of carbonyl (C=O) groups is 1. The Morgan fingerprint density at radius 1 is 1.22 bits per heavy atom.